The van der Waals surface area contributed by atoms with Gasteiger partial charge in [0.1, 0.15) is 0 Å². The van der Waals surface area contributed by atoms with Crippen LogP contribution in [0.15, 0.2) is 18.2 Å². The molecule has 8 nitrogen and oxygen atoms in total. The summed E-state index contributed by atoms with van der Waals surface area (Å²) in [6.45, 7) is 2.61. The van der Waals surface area contributed by atoms with Crippen molar-refractivity contribution in [3.8, 4) is 5.75 Å². The van der Waals surface area contributed by atoms with E-state index in [0.717, 1.165) is 11.9 Å². The lowest BCUT2D eigenvalue weighted by molar-refractivity contribution is -0.385. The second-order valence-electron chi connectivity index (χ2n) is 6.66. The number of nitro groups is 1. The quantitative estimate of drug-likeness (QED) is 0.651. The number of hydrogen-bond acceptors (Lipinski definition) is 6. The van der Waals surface area contributed by atoms with Gasteiger partial charge in [-0.05, 0) is 12.8 Å². The van der Waals surface area contributed by atoms with E-state index in [0.29, 0.717) is 37.8 Å². The normalized spacial score (nSPS) is 17.5. The van der Waals surface area contributed by atoms with Crippen LogP contribution in [-0.4, -0.2) is 48.4 Å². The van der Waals surface area contributed by atoms with Crippen LogP contribution in [0.2, 0.25) is 0 Å². The number of benzene rings is 1. The molecule has 1 saturated carbocycles. The first kappa shape index (κ1) is 16.6. The summed E-state index contributed by atoms with van der Waals surface area (Å²) in [5.41, 5.74) is 1.15. The summed E-state index contributed by atoms with van der Waals surface area (Å²) < 4.78 is 19.5. The van der Waals surface area contributed by atoms with Crippen molar-refractivity contribution in [2.24, 2.45) is 0 Å². The summed E-state index contributed by atoms with van der Waals surface area (Å²) in [5, 5.41) is 18.5. The molecule has 0 radical (unpaired) electrons. The summed E-state index contributed by atoms with van der Waals surface area (Å²) >= 11 is 0. The average molecular weight is 361 g/mol. The highest BCUT2D eigenvalue weighted by atomic mass is 19.1. The second kappa shape index (κ2) is 6.47. The van der Waals surface area contributed by atoms with Crippen molar-refractivity contribution >= 4 is 17.2 Å². The van der Waals surface area contributed by atoms with Crippen LogP contribution in [0.5, 0.6) is 5.75 Å². The van der Waals surface area contributed by atoms with E-state index in [4.69, 9.17) is 4.74 Å². The number of aromatic amines is 1. The number of aromatic nitrogens is 2. The van der Waals surface area contributed by atoms with E-state index >= 15 is 0 Å². The van der Waals surface area contributed by atoms with E-state index in [2.05, 4.69) is 21.2 Å². The molecule has 1 aromatic carbocycles. The van der Waals surface area contributed by atoms with Crippen molar-refractivity contribution in [3.05, 3.63) is 39.8 Å². The number of hydrogen-bond donors (Lipinski definition) is 1. The summed E-state index contributed by atoms with van der Waals surface area (Å²) in [5.74, 6) is 1.00. The van der Waals surface area contributed by atoms with Crippen LogP contribution < -0.4 is 14.5 Å². The van der Waals surface area contributed by atoms with Crippen molar-refractivity contribution in [1.29, 1.82) is 0 Å². The fraction of sp³-hybridized carbons (Fsp3) is 0.471. The number of ether oxygens (including phenoxy) is 1. The number of nitrogens with one attached hydrogen (secondary N) is 1. The van der Waals surface area contributed by atoms with Gasteiger partial charge in [-0.2, -0.15) is 5.10 Å². The average Bonchev–Trinajstić information content (AvgIpc) is 3.38. The maximum Gasteiger partial charge on any atom is 0.313 e. The fourth-order valence-electron chi connectivity index (χ4n) is 3.35. The van der Waals surface area contributed by atoms with Gasteiger partial charge in [-0.1, -0.05) is 0 Å². The highest BCUT2D eigenvalue weighted by Gasteiger charge is 2.28. The molecular weight excluding hydrogens is 341 g/mol. The Labute approximate surface area is 149 Å². The van der Waals surface area contributed by atoms with Crippen LogP contribution >= 0.6 is 0 Å². The molecule has 2 aliphatic rings. The first-order valence-corrected chi connectivity index (χ1v) is 8.64. The van der Waals surface area contributed by atoms with Crippen molar-refractivity contribution in [1.82, 2.24) is 10.2 Å². The largest absolute Gasteiger partial charge is 0.490 e. The summed E-state index contributed by atoms with van der Waals surface area (Å²) in [7, 11) is 1.34. The Morgan fingerprint density at radius 2 is 1.92 bits per heavy atom. The minimum atomic E-state index is -0.640. The monoisotopic (exact) mass is 361 g/mol. The van der Waals surface area contributed by atoms with Gasteiger partial charge in [-0.15, -0.1) is 0 Å². The van der Waals surface area contributed by atoms with Crippen LogP contribution in [0, 0.1) is 15.9 Å². The maximum atomic E-state index is 14.4. The predicted octanol–water partition coefficient (Wildman–Crippen LogP) is 2.67. The highest BCUT2D eigenvalue weighted by molar-refractivity contribution is 5.61. The third kappa shape index (κ3) is 3.04. The lowest BCUT2D eigenvalue weighted by atomic mass is 10.2. The fourth-order valence-corrected chi connectivity index (χ4v) is 3.35. The Morgan fingerprint density at radius 3 is 2.54 bits per heavy atom. The van der Waals surface area contributed by atoms with Gasteiger partial charge in [0.25, 0.3) is 0 Å². The molecule has 2 fully saturated rings. The molecule has 1 saturated heterocycles. The molecule has 2 aromatic rings. The first-order chi connectivity index (χ1) is 12.6. The molecule has 1 aliphatic carbocycles. The van der Waals surface area contributed by atoms with Gasteiger partial charge in [-0.25, -0.2) is 4.39 Å². The molecule has 2 heterocycles. The molecule has 26 heavy (non-hydrogen) atoms. The smallest absolute Gasteiger partial charge is 0.313 e. The summed E-state index contributed by atoms with van der Waals surface area (Å²) in [4.78, 5) is 14.4. The van der Waals surface area contributed by atoms with Crippen LogP contribution in [0.25, 0.3) is 0 Å². The van der Waals surface area contributed by atoms with Crippen molar-refractivity contribution in [2.45, 2.75) is 18.8 Å². The van der Waals surface area contributed by atoms with E-state index < -0.39 is 10.7 Å². The molecule has 138 valence electrons. The van der Waals surface area contributed by atoms with Gasteiger partial charge < -0.3 is 14.5 Å². The van der Waals surface area contributed by atoms with E-state index in [1.165, 1.54) is 31.7 Å². The second-order valence-corrected chi connectivity index (χ2v) is 6.66. The molecule has 1 aromatic heterocycles. The van der Waals surface area contributed by atoms with Gasteiger partial charge in [0.15, 0.2) is 17.4 Å². The van der Waals surface area contributed by atoms with Gasteiger partial charge >= 0.3 is 5.69 Å². The molecule has 1 N–H and O–H groups in total. The van der Waals surface area contributed by atoms with Gasteiger partial charge in [0.05, 0.1) is 23.8 Å². The van der Waals surface area contributed by atoms with Crippen LogP contribution in [0.4, 0.5) is 21.6 Å². The van der Waals surface area contributed by atoms with Gasteiger partial charge in [-0.3, -0.25) is 15.2 Å². The van der Waals surface area contributed by atoms with E-state index in [1.807, 2.05) is 4.90 Å². The SMILES string of the molecule is COc1cc(N2CCN(c3cc(C4CC4)[nH]n3)CC2)c(F)cc1[N+](=O)[O-]. The Hall–Kier alpha value is -2.84. The van der Waals surface area contributed by atoms with Crippen molar-refractivity contribution in [2.75, 3.05) is 43.1 Å². The van der Waals surface area contributed by atoms with Crippen molar-refractivity contribution < 1.29 is 14.1 Å². The molecule has 4 rings (SSSR count). The number of methoxy groups -OCH3 is 1. The zero-order valence-electron chi connectivity index (χ0n) is 14.4. The number of H-pyrrole nitrogens is 1. The number of halogens is 1. The molecule has 0 unspecified atom stereocenters. The summed E-state index contributed by atoms with van der Waals surface area (Å²) in [6, 6.07) is 4.43. The Bertz CT molecular complexity index is 828. The first-order valence-electron chi connectivity index (χ1n) is 8.64. The molecule has 1 aliphatic heterocycles. The lowest BCUT2D eigenvalue weighted by Gasteiger charge is -2.36. The van der Waals surface area contributed by atoms with E-state index in [1.54, 1.807) is 0 Å². The topological polar surface area (TPSA) is 87.5 Å². The third-order valence-corrected chi connectivity index (χ3v) is 4.99. The van der Waals surface area contributed by atoms with Crippen molar-refractivity contribution in [3.63, 3.8) is 0 Å². The number of piperazine rings is 1. The van der Waals surface area contributed by atoms with E-state index in [-0.39, 0.29) is 11.4 Å². The van der Waals surface area contributed by atoms with E-state index in [9.17, 15) is 14.5 Å². The number of nitro benzene ring substituents is 1. The number of anilines is 2. The molecular formula is C17H20FN5O3. The molecule has 0 amide bonds. The zero-order chi connectivity index (χ0) is 18.3. The van der Waals surface area contributed by atoms with Crippen LogP contribution in [0.1, 0.15) is 24.5 Å². The maximum absolute atomic E-state index is 14.4. The summed E-state index contributed by atoms with van der Waals surface area (Å²) in [6.07, 6.45) is 2.44. The molecule has 9 heteroatoms. The van der Waals surface area contributed by atoms with Gasteiger partial charge in [0, 0.05) is 49.9 Å². The molecule has 0 bridgehead atoms. The third-order valence-electron chi connectivity index (χ3n) is 4.99. The minimum absolute atomic E-state index is 0.0650. The number of nitrogens with zero attached hydrogens (tertiary/aromatic N) is 4. The Balaban J connectivity index is 1.47. The molecule has 0 atom stereocenters. The zero-order valence-corrected chi connectivity index (χ0v) is 14.4. The standard InChI is InChI=1S/C17H20FN5O3/c1-26-16-10-14(12(18)8-15(16)23(24)25)21-4-6-22(7-5-21)17-9-13(19-20-17)11-2-3-11/h8-11H,2-7H2,1H3,(H,19,20). The Kier molecular flexibility index (Phi) is 4.14. The number of rotatable bonds is 5. The Morgan fingerprint density at radius 1 is 1.23 bits per heavy atom. The predicted molar refractivity (Wildman–Crippen MR) is 94.6 cm³/mol. The highest BCUT2D eigenvalue weighted by Crippen LogP contribution is 2.40. The molecule has 0 spiro atoms. The van der Waals surface area contributed by atoms with Crippen LogP contribution in [0.3, 0.4) is 0 Å². The minimum Gasteiger partial charge on any atom is -0.490 e. The van der Waals surface area contributed by atoms with Gasteiger partial charge in [0.2, 0.25) is 0 Å². The lowest BCUT2D eigenvalue weighted by Crippen LogP contribution is -2.47. The van der Waals surface area contributed by atoms with Crippen LogP contribution in [-0.2, 0) is 0 Å².